The van der Waals surface area contributed by atoms with E-state index in [9.17, 15) is 9.82 Å². The summed E-state index contributed by atoms with van der Waals surface area (Å²) in [4.78, 5) is 14.4. The highest BCUT2D eigenvalue weighted by Gasteiger charge is 2.63. The molecule has 1 heterocycles. The van der Waals surface area contributed by atoms with Gasteiger partial charge in [-0.1, -0.05) is 30.3 Å². The molecule has 0 aromatic heterocycles. The number of carbonyl (C=O) groups excluding carboxylic acids is 1. The topological polar surface area (TPSA) is 49.8 Å². The van der Waals surface area contributed by atoms with Crippen molar-refractivity contribution in [3.05, 3.63) is 47.7 Å². The molecule has 1 saturated carbocycles. The first kappa shape index (κ1) is 17.5. The minimum Gasteiger partial charge on any atom is -0.437 e. The van der Waals surface area contributed by atoms with Gasteiger partial charge in [0.1, 0.15) is 0 Å². The van der Waals surface area contributed by atoms with E-state index in [1.54, 1.807) is 6.82 Å². The van der Waals surface area contributed by atoms with Gasteiger partial charge >= 0.3 is 13.0 Å². The number of halogens is 1. The molecule has 1 N–H and O–H groups in total. The number of hydrogen-bond donors (Lipinski definition) is 1. The van der Waals surface area contributed by atoms with Gasteiger partial charge in [-0.05, 0) is 62.8 Å². The third-order valence-corrected chi connectivity index (χ3v) is 5.91. The van der Waals surface area contributed by atoms with E-state index < -0.39 is 7.05 Å². The van der Waals surface area contributed by atoms with Crippen LogP contribution in [0.5, 0.6) is 0 Å². The fraction of sp³-hybridized carbons (Fsp3) is 0.500. The van der Waals surface area contributed by atoms with Crippen molar-refractivity contribution in [2.45, 2.75) is 31.5 Å². The van der Waals surface area contributed by atoms with Crippen molar-refractivity contribution in [1.82, 2.24) is 4.81 Å². The second-order valence-electron chi connectivity index (χ2n) is 6.85. The van der Waals surface area contributed by atoms with Crippen molar-refractivity contribution in [1.29, 1.82) is 0 Å². The van der Waals surface area contributed by atoms with E-state index in [0.717, 1.165) is 37.9 Å². The van der Waals surface area contributed by atoms with Crippen molar-refractivity contribution >= 4 is 24.6 Å². The van der Waals surface area contributed by atoms with Crippen LogP contribution in [0.4, 0.5) is 0 Å². The van der Waals surface area contributed by atoms with Crippen LogP contribution >= 0.6 is 11.6 Å². The quantitative estimate of drug-likeness (QED) is 0.505. The molecule has 2 fully saturated rings. The molecule has 1 aliphatic heterocycles. The van der Waals surface area contributed by atoms with Crippen LogP contribution in [0, 0.1) is 11.8 Å². The lowest BCUT2D eigenvalue weighted by Crippen LogP contribution is -2.45. The summed E-state index contributed by atoms with van der Waals surface area (Å²) in [7, 11) is -0.418. The van der Waals surface area contributed by atoms with Crippen molar-refractivity contribution < 1.29 is 14.6 Å². The van der Waals surface area contributed by atoms with Gasteiger partial charge in [0.2, 0.25) is 0 Å². The summed E-state index contributed by atoms with van der Waals surface area (Å²) >= 11 is 6.03. The maximum Gasteiger partial charge on any atom is 0.376 e. The molecule has 3 rings (SSSR count). The number of hydrogen-bond acceptors (Lipinski definition) is 4. The molecule has 1 aromatic rings. The fourth-order valence-electron chi connectivity index (χ4n) is 4.29. The zero-order valence-electron chi connectivity index (χ0n) is 14.0. The number of esters is 1. The van der Waals surface area contributed by atoms with E-state index in [4.69, 9.17) is 16.3 Å². The fourth-order valence-corrected chi connectivity index (χ4v) is 4.42. The van der Waals surface area contributed by atoms with Crippen LogP contribution in [0.1, 0.15) is 24.8 Å². The molecule has 2 aliphatic rings. The molecular formula is C18H23BClNO3. The van der Waals surface area contributed by atoms with Crippen molar-refractivity contribution in [3.63, 3.8) is 0 Å². The maximum atomic E-state index is 12.3. The van der Waals surface area contributed by atoms with E-state index in [1.165, 1.54) is 6.26 Å². The Hall–Kier alpha value is -1.30. The lowest BCUT2D eigenvalue weighted by Gasteiger charge is -2.37. The van der Waals surface area contributed by atoms with Crippen LogP contribution in [-0.4, -0.2) is 35.9 Å². The van der Waals surface area contributed by atoms with Gasteiger partial charge in [0.15, 0.2) is 0 Å². The Labute approximate surface area is 148 Å². The standard InChI is InChI=1S/C18H23BClNO3/c1-3-24-17(22)16-12-18(16,13-4-6-15(20)7-5-13)14-8-10-21(11-9-14)19(2)23/h3-7,14,16,23H,1,8-12H2,2H3/t16-,18+/m1/s1. The first-order valence-corrected chi connectivity index (χ1v) is 8.86. The summed E-state index contributed by atoms with van der Waals surface area (Å²) in [6.45, 7) is 6.99. The van der Waals surface area contributed by atoms with E-state index >= 15 is 0 Å². The van der Waals surface area contributed by atoms with Gasteiger partial charge < -0.3 is 14.6 Å². The summed E-state index contributed by atoms with van der Waals surface area (Å²) in [5.74, 6) is 0.0775. The molecule has 0 spiro atoms. The van der Waals surface area contributed by atoms with Crippen LogP contribution in [0.3, 0.4) is 0 Å². The zero-order valence-corrected chi connectivity index (χ0v) is 14.7. The summed E-state index contributed by atoms with van der Waals surface area (Å²) in [5, 5.41) is 10.5. The molecule has 4 nitrogen and oxygen atoms in total. The summed E-state index contributed by atoms with van der Waals surface area (Å²) in [6.07, 6.45) is 3.95. The third-order valence-electron chi connectivity index (χ3n) is 5.66. The highest BCUT2D eigenvalue weighted by atomic mass is 35.5. The van der Waals surface area contributed by atoms with Crippen LogP contribution in [-0.2, 0) is 14.9 Å². The lowest BCUT2D eigenvalue weighted by atomic mass is 9.73. The van der Waals surface area contributed by atoms with E-state index in [1.807, 2.05) is 24.3 Å². The Balaban J connectivity index is 1.83. The number of ether oxygens (including phenoxy) is 1. The molecule has 0 unspecified atom stereocenters. The van der Waals surface area contributed by atoms with Gasteiger partial charge in [0.05, 0.1) is 12.2 Å². The summed E-state index contributed by atoms with van der Waals surface area (Å²) in [6, 6.07) is 7.84. The number of benzene rings is 1. The first-order valence-electron chi connectivity index (χ1n) is 8.48. The molecule has 0 radical (unpaired) electrons. The molecule has 24 heavy (non-hydrogen) atoms. The minimum absolute atomic E-state index is 0.125. The Morgan fingerprint density at radius 3 is 2.58 bits per heavy atom. The maximum absolute atomic E-state index is 12.3. The predicted octanol–water partition coefficient (Wildman–Crippen LogP) is 3.11. The number of nitrogens with zero attached hydrogens (tertiary/aromatic N) is 1. The second kappa shape index (κ2) is 6.91. The summed E-state index contributed by atoms with van der Waals surface area (Å²) < 4.78 is 5.06. The first-order chi connectivity index (χ1) is 11.5. The van der Waals surface area contributed by atoms with Gasteiger partial charge in [-0.3, -0.25) is 4.79 Å². The van der Waals surface area contributed by atoms with Crippen molar-refractivity contribution in [2.24, 2.45) is 11.8 Å². The Bertz CT molecular complexity index is 613. The van der Waals surface area contributed by atoms with Crippen LogP contribution in [0.25, 0.3) is 0 Å². The molecule has 0 bridgehead atoms. The van der Waals surface area contributed by atoms with Crippen LogP contribution < -0.4 is 0 Å². The number of carbonyl (C=O) groups is 1. The third kappa shape index (κ3) is 3.13. The molecule has 1 saturated heterocycles. The predicted molar refractivity (Wildman–Crippen MR) is 95.7 cm³/mol. The largest absolute Gasteiger partial charge is 0.437 e. The Morgan fingerprint density at radius 1 is 1.42 bits per heavy atom. The average Bonchev–Trinajstić information content (AvgIpc) is 3.33. The molecule has 1 aliphatic carbocycles. The van der Waals surface area contributed by atoms with E-state index in [2.05, 4.69) is 11.4 Å². The minimum atomic E-state index is -0.418. The molecule has 2 atom stereocenters. The van der Waals surface area contributed by atoms with Crippen LogP contribution in [0.15, 0.2) is 37.1 Å². The molecule has 128 valence electrons. The number of rotatable bonds is 5. The number of piperidine rings is 1. The normalized spacial score (nSPS) is 27.5. The van der Waals surface area contributed by atoms with Crippen LogP contribution in [0.2, 0.25) is 11.8 Å². The highest BCUT2D eigenvalue weighted by Crippen LogP contribution is 2.62. The van der Waals surface area contributed by atoms with Gasteiger partial charge in [0, 0.05) is 10.4 Å². The zero-order chi connectivity index (χ0) is 17.3. The molecular weight excluding hydrogens is 324 g/mol. The summed E-state index contributed by atoms with van der Waals surface area (Å²) in [5.41, 5.74) is 0.989. The molecule has 1 aromatic carbocycles. The van der Waals surface area contributed by atoms with Crippen molar-refractivity contribution in [3.8, 4) is 0 Å². The van der Waals surface area contributed by atoms with Gasteiger partial charge in [0.25, 0.3) is 0 Å². The average molecular weight is 348 g/mol. The SMILES string of the molecule is C=COC(=O)[C@H]1C[C@]1(c1ccc(Cl)cc1)C1CCN(B(C)O)CC1. The Kier molecular flexibility index (Phi) is 5.04. The van der Waals surface area contributed by atoms with Crippen molar-refractivity contribution in [2.75, 3.05) is 13.1 Å². The highest BCUT2D eigenvalue weighted by molar-refractivity contribution is 6.45. The van der Waals surface area contributed by atoms with E-state index in [0.29, 0.717) is 10.9 Å². The Morgan fingerprint density at radius 2 is 2.04 bits per heavy atom. The van der Waals surface area contributed by atoms with Gasteiger partial charge in [-0.25, -0.2) is 0 Å². The second-order valence-corrected chi connectivity index (χ2v) is 7.29. The van der Waals surface area contributed by atoms with Gasteiger partial charge in [-0.2, -0.15) is 0 Å². The monoisotopic (exact) mass is 347 g/mol. The molecule has 0 amide bonds. The van der Waals surface area contributed by atoms with Gasteiger partial charge in [-0.15, -0.1) is 0 Å². The smallest absolute Gasteiger partial charge is 0.376 e. The molecule has 6 heteroatoms. The lowest BCUT2D eigenvalue weighted by molar-refractivity contribution is -0.140. The van der Waals surface area contributed by atoms with E-state index in [-0.39, 0.29) is 17.3 Å².